The van der Waals surface area contributed by atoms with Gasteiger partial charge >= 0.3 is 0 Å². The Kier molecular flexibility index (Phi) is 2.90. The first kappa shape index (κ1) is 10.0. The van der Waals surface area contributed by atoms with Gasteiger partial charge < -0.3 is 9.64 Å². The van der Waals surface area contributed by atoms with Crippen molar-refractivity contribution < 1.29 is 9.53 Å². The van der Waals surface area contributed by atoms with Crippen LogP contribution in [0.3, 0.4) is 0 Å². The number of piperidine rings is 1. The van der Waals surface area contributed by atoms with Gasteiger partial charge in [-0.05, 0) is 18.6 Å². The van der Waals surface area contributed by atoms with Crippen molar-refractivity contribution in [2.45, 2.75) is 12.8 Å². The highest BCUT2D eigenvalue weighted by atomic mass is 16.5. The molecule has 2 rings (SSSR count). The summed E-state index contributed by atoms with van der Waals surface area (Å²) in [5, 5.41) is 0. The lowest BCUT2D eigenvalue weighted by atomic mass is 10.1. The molecule has 0 saturated carbocycles. The summed E-state index contributed by atoms with van der Waals surface area (Å²) in [5.74, 6) is 1.15. The number of para-hydroxylation sites is 2. The zero-order valence-electron chi connectivity index (χ0n) is 8.90. The van der Waals surface area contributed by atoms with E-state index in [4.69, 9.17) is 4.74 Å². The van der Waals surface area contributed by atoms with Gasteiger partial charge in [-0.2, -0.15) is 0 Å². The molecule has 0 spiro atoms. The Bertz CT molecular complexity index is 362. The average Bonchev–Trinajstić information content (AvgIpc) is 2.29. The van der Waals surface area contributed by atoms with Crippen molar-refractivity contribution in [2.24, 2.45) is 0 Å². The number of carbonyl (C=O) groups is 1. The fourth-order valence-corrected chi connectivity index (χ4v) is 1.93. The van der Waals surface area contributed by atoms with Crippen LogP contribution in [-0.4, -0.2) is 26.0 Å². The molecular weight excluding hydrogens is 190 g/mol. The molecule has 1 aliphatic rings. The Balaban J connectivity index is 2.24. The van der Waals surface area contributed by atoms with E-state index in [1.54, 1.807) is 7.11 Å². The van der Waals surface area contributed by atoms with Crippen LogP contribution in [-0.2, 0) is 4.79 Å². The first-order valence-corrected chi connectivity index (χ1v) is 5.21. The number of hydrogen-bond acceptors (Lipinski definition) is 3. The fraction of sp³-hybridized carbons (Fsp3) is 0.417. The van der Waals surface area contributed by atoms with Crippen LogP contribution in [0.5, 0.6) is 5.75 Å². The molecule has 0 unspecified atom stereocenters. The largest absolute Gasteiger partial charge is 0.495 e. The van der Waals surface area contributed by atoms with Gasteiger partial charge in [0, 0.05) is 13.0 Å². The summed E-state index contributed by atoms with van der Waals surface area (Å²) in [5.41, 5.74) is 1.02. The van der Waals surface area contributed by atoms with Gasteiger partial charge in [-0.3, -0.25) is 4.79 Å². The fourth-order valence-electron chi connectivity index (χ4n) is 1.93. The van der Waals surface area contributed by atoms with Gasteiger partial charge in [0.2, 0.25) is 0 Å². The van der Waals surface area contributed by atoms with E-state index in [1.165, 1.54) is 0 Å². The van der Waals surface area contributed by atoms with Crippen molar-refractivity contribution in [1.29, 1.82) is 0 Å². The van der Waals surface area contributed by atoms with Crippen LogP contribution in [0.1, 0.15) is 12.8 Å². The molecule has 1 aliphatic heterocycles. The summed E-state index contributed by atoms with van der Waals surface area (Å²) in [6.07, 6.45) is 1.66. The molecule has 0 atom stereocenters. The van der Waals surface area contributed by atoms with Gasteiger partial charge in [0.05, 0.1) is 19.3 Å². The van der Waals surface area contributed by atoms with E-state index >= 15 is 0 Å². The van der Waals surface area contributed by atoms with Crippen LogP contribution in [0.15, 0.2) is 24.3 Å². The third-order valence-electron chi connectivity index (χ3n) is 2.68. The van der Waals surface area contributed by atoms with E-state index in [1.807, 2.05) is 24.3 Å². The number of anilines is 1. The molecule has 0 aromatic heterocycles. The molecule has 3 nitrogen and oxygen atoms in total. The molecule has 3 heteroatoms. The maximum Gasteiger partial charge on any atom is 0.152 e. The standard InChI is InChI=1S/C12H15NO2/c1-15-12-7-3-2-6-11(12)13-8-4-5-10(14)9-13/h2-3,6-7H,4-5,8-9H2,1H3. The van der Waals surface area contributed by atoms with Crippen LogP contribution in [0.25, 0.3) is 0 Å². The molecule has 1 saturated heterocycles. The molecule has 0 radical (unpaired) electrons. The molecule has 1 heterocycles. The molecule has 0 N–H and O–H groups in total. The molecule has 0 bridgehead atoms. The summed E-state index contributed by atoms with van der Waals surface area (Å²) < 4.78 is 5.28. The predicted octanol–water partition coefficient (Wildman–Crippen LogP) is 1.86. The van der Waals surface area contributed by atoms with Gasteiger partial charge in [0.25, 0.3) is 0 Å². The Labute approximate surface area is 89.7 Å². The summed E-state index contributed by atoms with van der Waals surface area (Å²) in [6.45, 7) is 1.45. The number of nitrogens with zero attached hydrogens (tertiary/aromatic N) is 1. The van der Waals surface area contributed by atoms with Crippen molar-refractivity contribution in [3.05, 3.63) is 24.3 Å². The van der Waals surface area contributed by atoms with Crippen molar-refractivity contribution >= 4 is 11.5 Å². The van der Waals surface area contributed by atoms with Crippen molar-refractivity contribution in [1.82, 2.24) is 0 Å². The van der Waals surface area contributed by atoms with Gasteiger partial charge in [-0.25, -0.2) is 0 Å². The first-order chi connectivity index (χ1) is 7.31. The SMILES string of the molecule is COc1ccccc1N1CCCC(=O)C1. The zero-order valence-corrected chi connectivity index (χ0v) is 8.90. The van der Waals surface area contributed by atoms with Gasteiger partial charge in [0.1, 0.15) is 5.75 Å². The average molecular weight is 205 g/mol. The van der Waals surface area contributed by atoms with Crippen LogP contribution < -0.4 is 9.64 Å². The second kappa shape index (κ2) is 4.34. The maximum atomic E-state index is 11.4. The lowest BCUT2D eigenvalue weighted by Crippen LogP contribution is -2.35. The molecule has 1 aromatic rings. The van der Waals surface area contributed by atoms with E-state index in [0.717, 1.165) is 24.4 Å². The predicted molar refractivity (Wildman–Crippen MR) is 59.4 cm³/mol. The smallest absolute Gasteiger partial charge is 0.152 e. The minimum atomic E-state index is 0.312. The Morgan fingerprint density at radius 3 is 2.87 bits per heavy atom. The van der Waals surface area contributed by atoms with Crippen molar-refractivity contribution in [2.75, 3.05) is 25.1 Å². The Hall–Kier alpha value is -1.51. The van der Waals surface area contributed by atoms with E-state index in [9.17, 15) is 4.79 Å². The summed E-state index contributed by atoms with van der Waals surface area (Å²) in [6, 6.07) is 7.83. The number of ketones is 1. The zero-order chi connectivity index (χ0) is 10.7. The quantitative estimate of drug-likeness (QED) is 0.738. The van der Waals surface area contributed by atoms with Gasteiger partial charge in [-0.15, -0.1) is 0 Å². The summed E-state index contributed by atoms with van der Waals surface area (Å²) >= 11 is 0. The number of carbonyl (C=O) groups excluding carboxylic acids is 1. The van der Waals surface area contributed by atoms with E-state index < -0.39 is 0 Å². The minimum absolute atomic E-state index is 0.312. The van der Waals surface area contributed by atoms with E-state index in [2.05, 4.69) is 4.90 Å². The Morgan fingerprint density at radius 2 is 2.13 bits per heavy atom. The second-order valence-electron chi connectivity index (χ2n) is 3.74. The van der Waals surface area contributed by atoms with Gasteiger partial charge in [0.15, 0.2) is 5.78 Å². The van der Waals surface area contributed by atoms with Crippen molar-refractivity contribution in [3.8, 4) is 5.75 Å². The number of ether oxygens (including phenoxy) is 1. The van der Waals surface area contributed by atoms with Gasteiger partial charge in [-0.1, -0.05) is 12.1 Å². The number of hydrogen-bond donors (Lipinski definition) is 0. The topological polar surface area (TPSA) is 29.5 Å². The van der Waals surface area contributed by atoms with Crippen LogP contribution >= 0.6 is 0 Å². The molecule has 80 valence electrons. The van der Waals surface area contributed by atoms with Crippen LogP contribution in [0.4, 0.5) is 5.69 Å². The number of methoxy groups -OCH3 is 1. The molecule has 0 aliphatic carbocycles. The highest BCUT2D eigenvalue weighted by Crippen LogP contribution is 2.28. The number of Topliss-reactive ketones (excluding diaryl/α,β-unsaturated/α-hetero) is 1. The van der Waals surface area contributed by atoms with E-state index in [-0.39, 0.29) is 0 Å². The highest BCUT2D eigenvalue weighted by molar-refractivity contribution is 5.85. The summed E-state index contributed by atoms with van der Waals surface area (Å²) in [7, 11) is 1.66. The maximum absolute atomic E-state index is 11.4. The van der Waals surface area contributed by atoms with Crippen LogP contribution in [0.2, 0.25) is 0 Å². The van der Waals surface area contributed by atoms with E-state index in [0.29, 0.717) is 18.7 Å². The highest BCUT2D eigenvalue weighted by Gasteiger charge is 2.19. The lowest BCUT2D eigenvalue weighted by molar-refractivity contribution is -0.118. The number of benzene rings is 1. The number of rotatable bonds is 2. The first-order valence-electron chi connectivity index (χ1n) is 5.21. The second-order valence-corrected chi connectivity index (χ2v) is 3.74. The molecular formula is C12H15NO2. The molecule has 15 heavy (non-hydrogen) atoms. The lowest BCUT2D eigenvalue weighted by Gasteiger charge is -2.29. The third kappa shape index (κ3) is 2.12. The van der Waals surface area contributed by atoms with Crippen LogP contribution in [0, 0.1) is 0 Å². The minimum Gasteiger partial charge on any atom is -0.495 e. The molecule has 1 aromatic carbocycles. The normalized spacial score (nSPS) is 16.6. The Morgan fingerprint density at radius 1 is 1.33 bits per heavy atom. The van der Waals surface area contributed by atoms with Crippen molar-refractivity contribution in [3.63, 3.8) is 0 Å². The molecule has 0 amide bonds. The summed E-state index contributed by atoms with van der Waals surface area (Å²) in [4.78, 5) is 13.5. The monoisotopic (exact) mass is 205 g/mol. The third-order valence-corrected chi connectivity index (χ3v) is 2.68. The molecule has 1 fully saturated rings.